The zero-order valence-corrected chi connectivity index (χ0v) is 10.3. The van der Waals surface area contributed by atoms with Crippen molar-refractivity contribution in [2.45, 2.75) is 30.8 Å². The lowest BCUT2D eigenvalue weighted by molar-refractivity contribution is 0.487. The highest BCUT2D eigenvalue weighted by Crippen LogP contribution is 2.34. The van der Waals surface area contributed by atoms with Gasteiger partial charge in [-0.25, -0.2) is 17.2 Å². The van der Waals surface area contributed by atoms with Crippen molar-refractivity contribution in [1.82, 2.24) is 5.32 Å². The second kappa shape index (κ2) is 4.03. The molecule has 1 aliphatic heterocycles. The van der Waals surface area contributed by atoms with Crippen LogP contribution in [0.1, 0.15) is 25.5 Å². The molecule has 0 aromatic heterocycles. The Morgan fingerprint density at radius 2 is 1.88 bits per heavy atom. The van der Waals surface area contributed by atoms with Crippen molar-refractivity contribution >= 4 is 9.84 Å². The van der Waals surface area contributed by atoms with Gasteiger partial charge in [0.15, 0.2) is 21.5 Å². The Labute approximate surface area is 98.8 Å². The summed E-state index contributed by atoms with van der Waals surface area (Å²) in [6.07, 6.45) is 0. The van der Waals surface area contributed by atoms with Gasteiger partial charge in [0.2, 0.25) is 0 Å². The molecule has 1 atom stereocenters. The van der Waals surface area contributed by atoms with E-state index in [2.05, 4.69) is 5.32 Å². The number of fused-ring (bicyclic) bond motifs is 1. The van der Waals surface area contributed by atoms with E-state index in [4.69, 9.17) is 0 Å². The molecule has 0 spiro atoms. The van der Waals surface area contributed by atoms with Crippen molar-refractivity contribution in [2.75, 3.05) is 5.75 Å². The van der Waals surface area contributed by atoms with Crippen molar-refractivity contribution in [3.05, 3.63) is 29.3 Å². The summed E-state index contributed by atoms with van der Waals surface area (Å²) in [5.41, 5.74) is 0.317. The zero-order chi connectivity index (χ0) is 12.8. The van der Waals surface area contributed by atoms with Crippen LogP contribution in [0.15, 0.2) is 17.0 Å². The van der Waals surface area contributed by atoms with Gasteiger partial charge in [0.05, 0.1) is 10.6 Å². The van der Waals surface area contributed by atoms with Crippen LogP contribution in [0.25, 0.3) is 0 Å². The molecule has 1 N–H and O–H groups in total. The lowest BCUT2D eigenvalue weighted by Crippen LogP contribution is -2.29. The van der Waals surface area contributed by atoms with Crippen LogP contribution in [0, 0.1) is 11.6 Å². The third kappa shape index (κ3) is 2.19. The molecule has 2 rings (SSSR count). The first-order valence-electron chi connectivity index (χ1n) is 5.29. The van der Waals surface area contributed by atoms with E-state index in [0.29, 0.717) is 5.56 Å². The highest BCUT2D eigenvalue weighted by molar-refractivity contribution is 7.91. The first-order chi connectivity index (χ1) is 7.81. The van der Waals surface area contributed by atoms with Gasteiger partial charge in [0.1, 0.15) is 0 Å². The fourth-order valence-electron chi connectivity index (χ4n) is 2.02. The first kappa shape index (κ1) is 12.4. The average molecular weight is 261 g/mol. The van der Waals surface area contributed by atoms with Gasteiger partial charge in [-0.05, 0) is 17.7 Å². The van der Waals surface area contributed by atoms with Crippen molar-refractivity contribution in [1.29, 1.82) is 0 Å². The summed E-state index contributed by atoms with van der Waals surface area (Å²) >= 11 is 0. The SMILES string of the molecule is CC(C)NC1CS(=O)(=O)c2cc(F)c(F)cc21. The summed E-state index contributed by atoms with van der Waals surface area (Å²) in [6, 6.07) is 1.33. The summed E-state index contributed by atoms with van der Waals surface area (Å²) in [5, 5.41) is 3.03. The number of sulfone groups is 1. The number of rotatable bonds is 2. The second-order valence-corrected chi connectivity index (χ2v) is 6.46. The molecule has 1 aromatic carbocycles. The molecule has 1 aromatic rings. The number of nitrogens with one attached hydrogen (secondary N) is 1. The van der Waals surface area contributed by atoms with E-state index >= 15 is 0 Å². The predicted octanol–water partition coefficient (Wildman–Crippen LogP) is 1.79. The van der Waals surface area contributed by atoms with Gasteiger partial charge in [-0.1, -0.05) is 13.8 Å². The van der Waals surface area contributed by atoms with Gasteiger partial charge in [0, 0.05) is 12.1 Å². The summed E-state index contributed by atoms with van der Waals surface area (Å²) in [7, 11) is -3.51. The summed E-state index contributed by atoms with van der Waals surface area (Å²) < 4.78 is 49.7. The molecule has 0 fully saturated rings. The monoisotopic (exact) mass is 261 g/mol. The number of hydrogen-bond donors (Lipinski definition) is 1. The van der Waals surface area contributed by atoms with Crippen LogP contribution >= 0.6 is 0 Å². The summed E-state index contributed by atoms with van der Waals surface area (Å²) in [6.45, 7) is 3.73. The third-order valence-electron chi connectivity index (χ3n) is 2.68. The van der Waals surface area contributed by atoms with E-state index in [9.17, 15) is 17.2 Å². The Hall–Kier alpha value is -1.01. The Bertz CT molecular complexity index is 555. The lowest BCUT2D eigenvalue weighted by Gasteiger charge is -2.15. The van der Waals surface area contributed by atoms with Crippen LogP contribution in [0.5, 0.6) is 0 Å². The molecule has 0 bridgehead atoms. The molecule has 17 heavy (non-hydrogen) atoms. The van der Waals surface area contributed by atoms with Crippen LogP contribution < -0.4 is 5.32 Å². The van der Waals surface area contributed by atoms with Crippen LogP contribution in [0.4, 0.5) is 8.78 Å². The summed E-state index contributed by atoms with van der Waals surface area (Å²) in [4.78, 5) is -0.102. The molecule has 1 heterocycles. The maximum absolute atomic E-state index is 13.1. The molecular weight excluding hydrogens is 248 g/mol. The second-order valence-electron chi connectivity index (χ2n) is 4.46. The van der Waals surface area contributed by atoms with Crippen molar-refractivity contribution < 1.29 is 17.2 Å². The number of halogens is 2. The smallest absolute Gasteiger partial charge is 0.180 e. The predicted molar refractivity (Wildman–Crippen MR) is 59.4 cm³/mol. The quantitative estimate of drug-likeness (QED) is 0.826. The van der Waals surface area contributed by atoms with Gasteiger partial charge >= 0.3 is 0 Å². The Balaban J connectivity index is 2.54. The van der Waals surface area contributed by atoms with Crippen LogP contribution in [-0.2, 0) is 9.84 Å². The number of hydrogen-bond acceptors (Lipinski definition) is 3. The van der Waals surface area contributed by atoms with E-state index < -0.39 is 27.5 Å². The molecule has 1 unspecified atom stereocenters. The molecular formula is C11H13F2NO2S. The fraction of sp³-hybridized carbons (Fsp3) is 0.455. The van der Waals surface area contributed by atoms with Gasteiger partial charge < -0.3 is 5.32 Å². The van der Waals surface area contributed by atoms with Crippen molar-refractivity contribution in [3.8, 4) is 0 Å². The zero-order valence-electron chi connectivity index (χ0n) is 9.50. The Morgan fingerprint density at radius 1 is 1.29 bits per heavy atom. The maximum atomic E-state index is 13.1. The largest absolute Gasteiger partial charge is 0.307 e. The molecule has 6 heteroatoms. The molecule has 0 amide bonds. The van der Waals surface area contributed by atoms with E-state index in [1.54, 1.807) is 0 Å². The molecule has 0 aliphatic carbocycles. The minimum Gasteiger partial charge on any atom is -0.307 e. The highest BCUT2D eigenvalue weighted by Gasteiger charge is 2.36. The molecule has 0 saturated carbocycles. The first-order valence-corrected chi connectivity index (χ1v) is 6.94. The fourth-order valence-corrected chi connectivity index (χ4v) is 3.76. The van der Waals surface area contributed by atoms with Gasteiger partial charge in [-0.2, -0.15) is 0 Å². The molecule has 3 nitrogen and oxygen atoms in total. The number of benzene rings is 1. The maximum Gasteiger partial charge on any atom is 0.180 e. The minimum absolute atomic E-state index is 0.0641. The normalized spacial score (nSPS) is 21.8. The molecule has 1 aliphatic rings. The van der Waals surface area contributed by atoms with E-state index in [1.165, 1.54) is 0 Å². The van der Waals surface area contributed by atoms with E-state index in [1.807, 2.05) is 13.8 Å². The molecule has 0 saturated heterocycles. The Morgan fingerprint density at radius 3 is 2.47 bits per heavy atom. The highest BCUT2D eigenvalue weighted by atomic mass is 32.2. The Kier molecular flexibility index (Phi) is 2.95. The van der Waals surface area contributed by atoms with E-state index in [0.717, 1.165) is 12.1 Å². The van der Waals surface area contributed by atoms with Crippen LogP contribution in [0.3, 0.4) is 0 Å². The molecule has 0 radical (unpaired) electrons. The average Bonchev–Trinajstić information content (AvgIpc) is 2.40. The van der Waals surface area contributed by atoms with Crippen molar-refractivity contribution in [2.24, 2.45) is 0 Å². The van der Waals surface area contributed by atoms with Gasteiger partial charge in [0.25, 0.3) is 0 Å². The summed E-state index contributed by atoms with van der Waals surface area (Å²) in [5.74, 6) is -2.29. The standard InChI is InChI=1S/C11H13F2NO2S/c1-6(2)14-10-5-17(15,16)11-4-9(13)8(12)3-7(10)11/h3-4,6,10,14H,5H2,1-2H3. The van der Waals surface area contributed by atoms with Crippen molar-refractivity contribution in [3.63, 3.8) is 0 Å². The van der Waals surface area contributed by atoms with Crippen LogP contribution in [0.2, 0.25) is 0 Å². The van der Waals surface area contributed by atoms with Gasteiger partial charge in [-0.3, -0.25) is 0 Å². The third-order valence-corrected chi connectivity index (χ3v) is 4.48. The minimum atomic E-state index is -3.51. The van der Waals surface area contributed by atoms with Crippen LogP contribution in [-0.4, -0.2) is 20.2 Å². The van der Waals surface area contributed by atoms with E-state index in [-0.39, 0.29) is 16.7 Å². The molecule has 94 valence electrons. The topological polar surface area (TPSA) is 46.2 Å². The lowest BCUT2D eigenvalue weighted by atomic mass is 10.1. The van der Waals surface area contributed by atoms with Gasteiger partial charge in [-0.15, -0.1) is 0 Å².